The Balaban J connectivity index is 0.00000200. The minimum Gasteiger partial charge on any atom is -0.408 e. The molecule has 0 radical (unpaired) electrons. The van der Waals surface area contributed by atoms with Gasteiger partial charge in [-0.25, -0.2) is 17.9 Å². The Hall–Kier alpha value is -1.35. The highest BCUT2D eigenvalue weighted by Crippen LogP contribution is 2.17. The van der Waals surface area contributed by atoms with E-state index in [1.54, 1.807) is 14.0 Å². The highest BCUT2D eigenvalue weighted by atomic mass is 35.5. The first-order valence-electron chi connectivity index (χ1n) is 5.67. The largest absolute Gasteiger partial charge is 0.419 e. The highest BCUT2D eigenvalue weighted by molar-refractivity contribution is 7.89. The summed E-state index contributed by atoms with van der Waals surface area (Å²) in [5, 5.41) is 0. The van der Waals surface area contributed by atoms with Crippen LogP contribution >= 0.6 is 12.4 Å². The molecule has 0 spiro atoms. The van der Waals surface area contributed by atoms with Gasteiger partial charge >= 0.3 is 5.76 Å². The Morgan fingerprint density at radius 2 is 2.10 bits per heavy atom. The maximum absolute atomic E-state index is 12.0. The Kier molecular flexibility index (Phi) is 4.98. The second kappa shape index (κ2) is 5.96. The average molecular weight is 322 g/mol. The zero-order valence-corrected chi connectivity index (χ0v) is 12.6. The Bertz CT molecular complexity index is 766. The molecule has 0 amide bonds. The maximum Gasteiger partial charge on any atom is 0.419 e. The molecule has 1 heterocycles. The Morgan fingerprint density at radius 3 is 2.70 bits per heavy atom. The molecule has 2 aromatic rings. The fourth-order valence-corrected chi connectivity index (χ4v) is 2.93. The first-order chi connectivity index (χ1) is 8.85. The Morgan fingerprint density at radius 1 is 1.45 bits per heavy atom. The number of nitrogens with two attached hydrogens (primary N) is 1. The van der Waals surface area contributed by atoms with Gasteiger partial charge in [-0.3, -0.25) is 4.57 Å². The summed E-state index contributed by atoms with van der Waals surface area (Å²) in [5.74, 6) is -0.534. The van der Waals surface area contributed by atoms with E-state index in [0.717, 1.165) is 0 Å². The highest BCUT2D eigenvalue weighted by Gasteiger charge is 2.18. The van der Waals surface area contributed by atoms with Crippen molar-refractivity contribution < 1.29 is 12.8 Å². The predicted molar refractivity (Wildman–Crippen MR) is 77.5 cm³/mol. The first kappa shape index (κ1) is 16.7. The van der Waals surface area contributed by atoms with Crippen molar-refractivity contribution in [2.24, 2.45) is 12.8 Å². The molecule has 1 aromatic carbocycles. The number of rotatable bonds is 4. The van der Waals surface area contributed by atoms with Crippen molar-refractivity contribution in [2.75, 3.05) is 6.54 Å². The van der Waals surface area contributed by atoms with E-state index in [-0.39, 0.29) is 35.5 Å². The second-order valence-electron chi connectivity index (χ2n) is 4.31. The van der Waals surface area contributed by atoms with E-state index in [4.69, 9.17) is 10.2 Å². The molecule has 1 atom stereocenters. The average Bonchev–Trinajstić information content (AvgIpc) is 2.64. The van der Waals surface area contributed by atoms with Crippen LogP contribution in [0.25, 0.3) is 11.1 Å². The molecule has 0 unspecified atom stereocenters. The molecular formula is C11H16ClN3O4S. The van der Waals surface area contributed by atoms with E-state index >= 15 is 0 Å². The van der Waals surface area contributed by atoms with Crippen molar-refractivity contribution in [3.63, 3.8) is 0 Å². The third-order valence-electron chi connectivity index (χ3n) is 2.78. The molecule has 0 aliphatic heterocycles. The fraction of sp³-hybridized carbons (Fsp3) is 0.364. The number of hydrogen-bond donors (Lipinski definition) is 2. The van der Waals surface area contributed by atoms with Gasteiger partial charge in [0.15, 0.2) is 5.58 Å². The quantitative estimate of drug-likeness (QED) is 0.835. The molecule has 0 saturated heterocycles. The topological polar surface area (TPSA) is 107 Å². The summed E-state index contributed by atoms with van der Waals surface area (Å²) in [7, 11) is -2.12. The molecule has 0 bridgehead atoms. The van der Waals surface area contributed by atoms with Gasteiger partial charge in [-0.05, 0) is 19.1 Å². The van der Waals surface area contributed by atoms with Crippen LogP contribution in [0.5, 0.6) is 0 Å². The molecule has 0 saturated carbocycles. The minimum absolute atomic E-state index is 0. The Labute approximate surface area is 122 Å². The van der Waals surface area contributed by atoms with Gasteiger partial charge in [0.05, 0.1) is 10.4 Å². The van der Waals surface area contributed by atoms with Crippen LogP contribution in [0.3, 0.4) is 0 Å². The van der Waals surface area contributed by atoms with E-state index in [2.05, 4.69) is 4.72 Å². The molecule has 112 valence electrons. The van der Waals surface area contributed by atoms with Crippen LogP contribution in [0, 0.1) is 0 Å². The van der Waals surface area contributed by atoms with Crippen LogP contribution < -0.4 is 16.2 Å². The number of nitrogens with one attached hydrogen (secondary N) is 1. The molecule has 7 nitrogen and oxygen atoms in total. The van der Waals surface area contributed by atoms with Crippen LogP contribution in [0.4, 0.5) is 0 Å². The predicted octanol–water partition coefficient (Wildman–Crippen LogP) is 0.179. The number of aryl methyl sites for hydroxylation is 1. The van der Waals surface area contributed by atoms with Crippen molar-refractivity contribution in [2.45, 2.75) is 17.9 Å². The molecule has 2 rings (SSSR count). The van der Waals surface area contributed by atoms with Crippen molar-refractivity contribution >= 4 is 33.5 Å². The number of nitrogens with zero attached hydrogens (tertiary/aromatic N) is 1. The van der Waals surface area contributed by atoms with Gasteiger partial charge in [-0.15, -0.1) is 12.4 Å². The third-order valence-corrected chi connectivity index (χ3v) is 4.37. The number of halogens is 1. The summed E-state index contributed by atoms with van der Waals surface area (Å²) in [5.41, 5.74) is 6.15. The molecule has 1 aromatic heterocycles. The van der Waals surface area contributed by atoms with Crippen LogP contribution in [-0.2, 0) is 17.1 Å². The molecule has 0 fully saturated rings. The lowest BCUT2D eigenvalue weighted by Crippen LogP contribution is -2.37. The third kappa shape index (κ3) is 3.04. The molecule has 0 aliphatic carbocycles. The van der Waals surface area contributed by atoms with Crippen molar-refractivity contribution in [3.8, 4) is 0 Å². The number of hydrogen-bond acceptors (Lipinski definition) is 5. The van der Waals surface area contributed by atoms with Gasteiger partial charge in [-0.2, -0.15) is 0 Å². The summed E-state index contributed by atoms with van der Waals surface area (Å²) in [4.78, 5) is 11.4. The first-order valence-corrected chi connectivity index (χ1v) is 7.15. The van der Waals surface area contributed by atoms with E-state index in [0.29, 0.717) is 5.52 Å². The lowest BCUT2D eigenvalue weighted by molar-refractivity contribution is 0.527. The SMILES string of the molecule is C[C@@H](CN)NS(=O)(=O)c1ccc2c(c1)oc(=O)n2C.Cl. The zero-order valence-electron chi connectivity index (χ0n) is 11.0. The lowest BCUT2D eigenvalue weighted by Gasteiger charge is -2.11. The number of sulfonamides is 1. The summed E-state index contributed by atoms with van der Waals surface area (Å²) in [6.07, 6.45) is 0. The van der Waals surface area contributed by atoms with Crippen LogP contribution in [0.2, 0.25) is 0 Å². The maximum atomic E-state index is 12.0. The number of fused-ring (bicyclic) bond motifs is 1. The van der Waals surface area contributed by atoms with E-state index < -0.39 is 15.8 Å². The summed E-state index contributed by atoms with van der Waals surface area (Å²) in [6.45, 7) is 1.86. The van der Waals surface area contributed by atoms with Gasteiger partial charge in [0, 0.05) is 25.7 Å². The van der Waals surface area contributed by atoms with Gasteiger partial charge < -0.3 is 10.2 Å². The van der Waals surface area contributed by atoms with Crippen LogP contribution in [0.15, 0.2) is 32.3 Å². The van der Waals surface area contributed by atoms with Gasteiger partial charge in [0.2, 0.25) is 10.0 Å². The zero-order chi connectivity index (χ0) is 14.2. The van der Waals surface area contributed by atoms with Gasteiger partial charge in [0.25, 0.3) is 0 Å². The van der Waals surface area contributed by atoms with Crippen LogP contribution in [-0.4, -0.2) is 25.6 Å². The summed E-state index contributed by atoms with van der Waals surface area (Å²) in [6, 6.07) is 3.90. The van der Waals surface area contributed by atoms with E-state index in [1.165, 1.54) is 22.8 Å². The van der Waals surface area contributed by atoms with E-state index in [9.17, 15) is 13.2 Å². The number of oxazole rings is 1. The minimum atomic E-state index is -3.67. The standard InChI is InChI=1S/C11H15N3O4S.ClH/c1-7(6-12)13-19(16,17)8-3-4-9-10(5-8)18-11(15)14(9)2;/h3-5,7,13H,6,12H2,1-2H3;1H/t7-;/m0./s1. The van der Waals surface area contributed by atoms with Crippen LogP contribution in [0.1, 0.15) is 6.92 Å². The van der Waals surface area contributed by atoms with E-state index in [1.807, 2.05) is 0 Å². The van der Waals surface area contributed by atoms with Gasteiger partial charge in [0.1, 0.15) is 0 Å². The normalized spacial score (nSPS) is 13.2. The summed E-state index contributed by atoms with van der Waals surface area (Å²) < 4.78 is 32.8. The smallest absolute Gasteiger partial charge is 0.408 e. The molecule has 20 heavy (non-hydrogen) atoms. The summed E-state index contributed by atoms with van der Waals surface area (Å²) >= 11 is 0. The lowest BCUT2D eigenvalue weighted by atomic mass is 10.3. The van der Waals surface area contributed by atoms with Crippen molar-refractivity contribution in [1.82, 2.24) is 9.29 Å². The fourth-order valence-electron chi connectivity index (χ4n) is 1.66. The molecule has 9 heteroatoms. The monoisotopic (exact) mass is 321 g/mol. The molecular weight excluding hydrogens is 306 g/mol. The number of aromatic nitrogens is 1. The number of benzene rings is 1. The second-order valence-corrected chi connectivity index (χ2v) is 6.03. The van der Waals surface area contributed by atoms with Crippen molar-refractivity contribution in [3.05, 3.63) is 28.7 Å². The van der Waals surface area contributed by atoms with Crippen molar-refractivity contribution in [1.29, 1.82) is 0 Å². The molecule has 3 N–H and O–H groups in total. The molecule has 0 aliphatic rings. The van der Waals surface area contributed by atoms with Gasteiger partial charge in [-0.1, -0.05) is 0 Å².